The topological polar surface area (TPSA) is 85.2 Å². The average Bonchev–Trinajstić information content (AvgIpc) is 2.96. The molecule has 0 saturated heterocycles. The van der Waals surface area contributed by atoms with E-state index in [1.54, 1.807) is 24.9 Å². The number of hydrogen-bond donors (Lipinski definition) is 2. The summed E-state index contributed by atoms with van der Waals surface area (Å²) in [5, 5.41) is 17.2. The molecule has 2 amide bonds. The smallest absolute Gasteiger partial charge is 0.249 e. The summed E-state index contributed by atoms with van der Waals surface area (Å²) >= 11 is 0. The molecule has 1 heterocycles. The van der Waals surface area contributed by atoms with E-state index in [0.717, 1.165) is 27.6 Å². The van der Waals surface area contributed by atoms with Crippen molar-refractivity contribution >= 4 is 28.3 Å². The fourth-order valence-corrected chi connectivity index (χ4v) is 4.21. The Kier molecular flexibility index (Phi) is 6.20. The van der Waals surface area contributed by atoms with Crippen molar-refractivity contribution in [3.8, 4) is 6.07 Å². The van der Waals surface area contributed by atoms with Gasteiger partial charge in [-0.1, -0.05) is 48.5 Å². The van der Waals surface area contributed by atoms with E-state index in [4.69, 9.17) is 0 Å². The molecule has 3 aromatic rings. The largest absolute Gasteiger partial charge is 0.343 e. The predicted molar refractivity (Wildman–Crippen MR) is 125 cm³/mol. The van der Waals surface area contributed by atoms with Crippen LogP contribution < -0.4 is 15.5 Å². The van der Waals surface area contributed by atoms with E-state index in [-0.39, 0.29) is 17.9 Å². The summed E-state index contributed by atoms with van der Waals surface area (Å²) in [5.41, 5.74) is 3.51. The van der Waals surface area contributed by atoms with Crippen LogP contribution in [0.4, 0.5) is 5.69 Å². The molecule has 3 aromatic carbocycles. The number of aryl methyl sites for hydroxylation is 1. The van der Waals surface area contributed by atoms with Gasteiger partial charge in [0.1, 0.15) is 6.04 Å². The SMILES string of the molecule is CN[C@@H](C)C(=O)NC1CCc2ccccc2N(Cc2ccc(C#N)c3ccccc23)C1=O. The zero-order valence-corrected chi connectivity index (χ0v) is 18.3. The highest BCUT2D eigenvalue weighted by Crippen LogP contribution is 2.31. The average molecular weight is 427 g/mol. The van der Waals surface area contributed by atoms with Crippen molar-refractivity contribution in [3.63, 3.8) is 0 Å². The summed E-state index contributed by atoms with van der Waals surface area (Å²) in [6, 6.07) is 20.6. The number of nitrogens with one attached hydrogen (secondary N) is 2. The van der Waals surface area contributed by atoms with E-state index in [1.165, 1.54) is 0 Å². The molecule has 0 bridgehead atoms. The van der Waals surface area contributed by atoms with Gasteiger partial charge in [-0.2, -0.15) is 5.26 Å². The minimum Gasteiger partial charge on any atom is -0.343 e. The third-order valence-electron chi connectivity index (χ3n) is 6.15. The van der Waals surface area contributed by atoms with Crippen LogP contribution in [0.1, 0.15) is 30.0 Å². The van der Waals surface area contributed by atoms with Gasteiger partial charge in [0, 0.05) is 5.69 Å². The molecule has 162 valence electrons. The maximum Gasteiger partial charge on any atom is 0.249 e. The van der Waals surface area contributed by atoms with Crippen molar-refractivity contribution in [2.75, 3.05) is 11.9 Å². The van der Waals surface area contributed by atoms with Crippen molar-refractivity contribution < 1.29 is 9.59 Å². The number of likely N-dealkylation sites (N-methyl/N-ethyl adjacent to an activating group) is 1. The van der Waals surface area contributed by atoms with Crippen molar-refractivity contribution in [3.05, 3.63) is 77.4 Å². The van der Waals surface area contributed by atoms with Gasteiger partial charge in [0.2, 0.25) is 11.8 Å². The Labute approximate surface area is 187 Å². The number of hydrogen-bond acceptors (Lipinski definition) is 4. The Morgan fingerprint density at radius 1 is 1.12 bits per heavy atom. The molecule has 6 nitrogen and oxygen atoms in total. The first kappa shape index (κ1) is 21.5. The third kappa shape index (κ3) is 4.08. The summed E-state index contributed by atoms with van der Waals surface area (Å²) in [7, 11) is 1.72. The lowest BCUT2D eigenvalue weighted by Crippen LogP contribution is -2.52. The van der Waals surface area contributed by atoms with Gasteiger partial charge < -0.3 is 15.5 Å². The number of carbonyl (C=O) groups excluding carboxylic acids is 2. The number of carbonyl (C=O) groups is 2. The van der Waals surface area contributed by atoms with Crippen molar-refractivity contribution in [2.24, 2.45) is 0 Å². The Bertz CT molecular complexity index is 1210. The molecule has 0 fully saturated rings. The second-order valence-electron chi connectivity index (χ2n) is 8.09. The first-order chi connectivity index (χ1) is 15.5. The monoisotopic (exact) mass is 426 g/mol. The van der Waals surface area contributed by atoms with Crippen LogP contribution in [0.2, 0.25) is 0 Å². The Balaban J connectivity index is 1.74. The molecule has 0 radical (unpaired) electrons. The first-order valence-corrected chi connectivity index (χ1v) is 10.8. The van der Waals surface area contributed by atoms with Gasteiger partial charge in [-0.05, 0) is 60.8 Å². The van der Waals surface area contributed by atoms with Gasteiger partial charge in [-0.15, -0.1) is 0 Å². The zero-order valence-electron chi connectivity index (χ0n) is 18.3. The molecule has 2 N–H and O–H groups in total. The van der Waals surface area contributed by atoms with E-state index in [0.29, 0.717) is 24.9 Å². The lowest BCUT2D eigenvalue weighted by molar-refractivity contribution is -0.128. The van der Waals surface area contributed by atoms with Crippen LogP contribution >= 0.6 is 0 Å². The Morgan fingerprint density at radius 2 is 1.84 bits per heavy atom. The fourth-order valence-electron chi connectivity index (χ4n) is 4.21. The number of benzene rings is 3. The van der Waals surface area contributed by atoms with Crippen LogP contribution in [0.15, 0.2) is 60.7 Å². The summed E-state index contributed by atoms with van der Waals surface area (Å²) in [5.74, 6) is -0.319. The highest BCUT2D eigenvalue weighted by molar-refractivity contribution is 6.01. The molecule has 32 heavy (non-hydrogen) atoms. The number of rotatable bonds is 5. The van der Waals surface area contributed by atoms with Crippen LogP contribution in [0, 0.1) is 11.3 Å². The molecule has 1 aliphatic heterocycles. The quantitative estimate of drug-likeness (QED) is 0.656. The van der Waals surface area contributed by atoms with Crippen LogP contribution in [0.5, 0.6) is 0 Å². The lowest BCUT2D eigenvalue weighted by Gasteiger charge is -2.27. The molecule has 1 unspecified atom stereocenters. The Hall–Kier alpha value is -3.69. The maximum absolute atomic E-state index is 13.7. The number of para-hydroxylation sites is 1. The van der Waals surface area contributed by atoms with E-state index in [9.17, 15) is 14.9 Å². The molecular formula is C26H26N4O2. The van der Waals surface area contributed by atoms with E-state index >= 15 is 0 Å². The normalized spacial score (nSPS) is 16.7. The summed E-state index contributed by atoms with van der Waals surface area (Å²) < 4.78 is 0. The third-order valence-corrected chi connectivity index (χ3v) is 6.15. The number of nitriles is 1. The minimum absolute atomic E-state index is 0.125. The second kappa shape index (κ2) is 9.21. The number of nitrogens with zero attached hydrogens (tertiary/aromatic N) is 2. The van der Waals surface area contributed by atoms with Gasteiger partial charge in [-0.25, -0.2) is 0 Å². The van der Waals surface area contributed by atoms with E-state index < -0.39 is 6.04 Å². The first-order valence-electron chi connectivity index (χ1n) is 10.8. The molecule has 2 atom stereocenters. The van der Waals surface area contributed by atoms with Crippen LogP contribution in [0.3, 0.4) is 0 Å². The summed E-state index contributed by atoms with van der Waals surface area (Å²) in [6.07, 6.45) is 1.24. The molecule has 4 rings (SSSR count). The highest BCUT2D eigenvalue weighted by Gasteiger charge is 2.32. The number of anilines is 1. The van der Waals surface area contributed by atoms with Gasteiger partial charge in [-0.3, -0.25) is 9.59 Å². The minimum atomic E-state index is -0.602. The van der Waals surface area contributed by atoms with Gasteiger partial charge >= 0.3 is 0 Å². The van der Waals surface area contributed by atoms with Gasteiger partial charge in [0.25, 0.3) is 0 Å². The molecule has 1 aliphatic rings. The lowest BCUT2D eigenvalue weighted by atomic mass is 9.99. The van der Waals surface area contributed by atoms with Crippen LogP contribution in [0.25, 0.3) is 10.8 Å². The van der Waals surface area contributed by atoms with Crippen LogP contribution in [-0.4, -0.2) is 30.9 Å². The summed E-state index contributed by atoms with van der Waals surface area (Å²) in [4.78, 5) is 27.9. The van der Waals surface area contributed by atoms with Crippen LogP contribution in [-0.2, 0) is 22.6 Å². The van der Waals surface area contributed by atoms with Crippen molar-refractivity contribution in [1.82, 2.24) is 10.6 Å². The van der Waals surface area contributed by atoms with Gasteiger partial charge in [0.05, 0.1) is 24.2 Å². The maximum atomic E-state index is 13.7. The molecule has 0 aromatic heterocycles. The molecule has 0 aliphatic carbocycles. The number of amides is 2. The molecular weight excluding hydrogens is 400 g/mol. The van der Waals surface area contributed by atoms with Gasteiger partial charge in [0.15, 0.2) is 0 Å². The van der Waals surface area contributed by atoms with Crippen molar-refractivity contribution in [1.29, 1.82) is 5.26 Å². The fraction of sp³-hybridized carbons (Fsp3) is 0.269. The highest BCUT2D eigenvalue weighted by atomic mass is 16.2. The second-order valence-corrected chi connectivity index (χ2v) is 8.09. The van der Waals surface area contributed by atoms with E-state index in [1.807, 2.05) is 54.6 Å². The Morgan fingerprint density at radius 3 is 2.59 bits per heavy atom. The standard InChI is InChI=1S/C26H26N4O2/c1-17(28-2)25(31)29-23-14-13-18-7-3-6-10-24(18)30(26(23)32)16-20-12-11-19(15-27)21-8-4-5-9-22(20)21/h3-12,17,23,28H,13-14,16H2,1-2H3,(H,29,31)/t17-,23?/m0/s1. The van der Waals surface area contributed by atoms with E-state index in [2.05, 4.69) is 16.7 Å². The summed E-state index contributed by atoms with van der Waals surface area (Å²) in [6.45, 7) is 2.13. The predicted octanol–water partition coefficient (Wildman–Crippen LogP) is 3.28. The molecule has 0 saturated carbocycles. The molecule has 6 heteroatoms. The zero-order chi connectivity index (χ0) is 22.7. The van der Waals surface area contributed by atoms with Crippen molar-refractivity contribution in [2.45, 2.75) is 38.4 Å². The number of fused-ring (bicyclic) bond motifs is 2. The molecule has 0 spiro atoms.